The molecule has 0 saturated carbocycles. The topological polar surface area (TPSA) is 24.9 Å². The summed E-state index contributed by atoms with van der Waals surface area (Å²) in [6.45, 7) is 0. The van der Waals surface area contributed by atoms with Crippen LogP contribution in [-0.2, 0) is 0 Å². The number of rotatable bonds is 2. The Morgan fingerprint density at radius 2 is 2.00 bits per heavy atom. The van der Waals surface area contributed by atoms with Crippen LogP contribution in [0.5, 0.6) is 0 Å². The summed E-state index contributed by atoms with van der Waals surface area (Å²) in [6.07, 6.45) is 0. The van der Waals surface area contributed by atoms with Gasteiger partial charge in [0.05, 0.1) is 5.69 Å². The van der Waals surface area contributed by atoms with Crippen molar-refractivity contribution in [2.45, 2.75) is 0 Å². The smallest absolute Gasteiger partial charge is 0.182 e. The molecule has 0 aliphatic heterocycles. The Morgan fingerprint density at radius 3 is 2.62 bits per heavy atom. The van der Waals surface area contributed by atoms with Crippen molar-refractivity contribution >= 4 is 32.4 Å². The van der Waals surface area contributed by atoms with Crippen molar-refractivity contribution < 1.29 is 8.78 Å². The minimum Gasteiger partial charge on any atom is -0.365 e. The van der Waals surface area contributed by atoms with Gasteiger partial charge < -0.3 is 5.32 Å². The van der Waals surface area contributed by atoms with E-state index in [9.17, 15) is 8.78 Å². The van der Waals surface area contributed by atoms with Gasteiger partial charge in [-0.25, -0.2) is 13.8 Å². The van der Waals surface area contributed by atoms with Crippen LogP contribution < -0.4 is 5.32 Å². The number of nitrogens with one attached hydrogen (secondary N) is 1. The van der Waals surface area contributed by atoms with E-state index in [1.54, 1.807) is 12.4 Å². The molecular formula is C10H7BrF2N2S. The second-order valence-corrected chi connectivity index (χ2v) is 4.75. The highest BCUT2D eigenvalue weighted by molar-refractivity contribution is 9.10. The average Bonchev–Trinajstić information content (AvgIpc) is 2.71. The maximum Gasteiger partial charge on any atom is 0.182 e. The highest BCUT2D eigenvalue weighted by Gasteiger charge is 2.12. The minimum atomic E-state index is -0.878. The summed E-state index contributed by atoms with van der Waals surface area (Å²) < 4.78 is 26.5. The number of anilines is 1. The van der Waals surface area contributed by atoms with Crippen molar-refractivity contribution in [1.29, 1.82) is 0 Å². The Balaban J connectivity index is 2.51. The number of hydrogen-bond donors (Lipinski definition) is 1. The number of halogens is 3. The first-order valence-corrected chi connectivity index (χ1v) is 6.07. The summed E-state index contributed by atoms with van der Waals surface area (Å²) in [5.74, 6) is -1.75. The molecule has 0 radical (unpaired) electrons. The molecule has 16 heavy (non-hydrogen) atoms. The third-order valence-electron chi connectivity index (χ3n) is 2.00. The Bertz CT molecular complexity index is 528. The van der Waals surface area contributed by atoms with Crippen LogP contribution in [0.1, 0.15) is 0 Å². The van der Waals surface area contributed by atoms with Crippen LogP contribution in [0.15, 0.2) is 22.0 Å². The Morgan fingerprint density at radius 1 is 1.31 bits per heavy atom. The number of nitrogens with zero attached hydrogens (tertiary/aromatic N) is 1. The van der Waals surface area contributed by atoms with E-state index in [0.717, 1.165) is 17.3 Å². The van der Waals surface area contributed by atoms with Crippen LogP contribution in [-0.4, -0.2) is 12.0 Å². The molecule has 0 fully saturated rings. The van der Waals surface area contributed by atoms with Crippen molar-refractivity contribution in [2.75, 3.05) is 12.4 Å². The quantitative estimate of drug-likeness (QED) is 0.851. The standard InChI is InChI=1S/C10H7BrF2N2S/c1-14-10-15-9(4-16-10)5-2-7(12)8(13)3-6(5)11/h2-4H,1H3,(H,14,15). The summed E-state index contributed by atoms with van der Waals surface area (Å²) >= 11 is 4.59. The number of hydrogen-bond acceptors (Lipinski definition) is 3. The highest BCUT2D eigenvalue weighted by atomic mass is 79.9. The molecule has 0 bridgehead atoms. The molecule has 0 saturated heterocycles. The maximum absolute atomic E-state index is 13.1. The Labute approximate surface area is 103 Å². The third kappa shape index (κ3) is 2.08. The molecular weight excluding hydrogens is 298 g/mol. The first-order chi connectivity index (χ1) is 7.61. The van der Waals surface area contributed by atoms with Gasteiger partial charge in [0.1, 0.15) is 0 Å². The molecule has 2 aromatic rings. The van der Waals surface area contributed by atoms with Crippen LogP contribution in [0.4, 0.5) is 13.9 Å². The summed E-state index contributed by atoms with van der Waals surface area (Å²) in [7, 11) is 1.75. The lowest BCUT2D eigenvalue weighted by atomic mass is 10.1. The predicted octanol–water partition coefficient (Wildman–Crippen LogP) is 3.89. The molecule has 6 heteroatoms. The number of benzene rings is 1. The van der Waals surface area contributed by atoms with E-state index in [0.29, 0.717) is 15.7 Å². The molecule has 1 N–H and O–H groups in total. The monoisotopic (exact) mass is 304 g/mol. The molecule has 0 unspecified atom stereocenters. The van der Waals surface area contributed by atoms with E-state index < -0.39 is 11.6 Å². The second-order valence-electron chi connectivity index (χ2n) is 3.03. The van der Waals surface area contributed by atoms with Gasteiger partial charge in [-0.15, -0.1) is 11.3 Å². The number of thiazole rings is 1. The zero-order valence-corrected chi connectivity index (χ0v) is 10.6. The molecule has 2 nitrogen and oxygen atoms in total. The molecule has 1 aromatic carbocycles. The predicted molar refractivity (Wildman–Crippen MR) is 64.7 cm³/mol. The lowest BCUT2D eigenvalue weighted by molar-refractivity contribution is 0.508. The lowest BCUT2D eigenvalue weighted by Gasteiger charge is -2.02. The van der Waals surface area contributed by atoms with Crippen molar-refractivity contribution in [1.82, 2.24) is 4.98 Å². The van der Waals surface area contributed by atoms with E-state index in [-0.39, 0.29) is 0 Å². The second kappa shape index (κ2) is 4.47. The number of aromatic nitrogens is 1. The SMILES string of the molecule is CNc1nc(-c2cc(F)c(F)cc2Br)cs1. The van der Waals surface area contributed by atoms with Gasteiger partial charge in [0.2, 0.25) is 0 Å². The van der Waals surface area contributed by atoms with Gasteiger partial charge in [-0.05, 0) is 28.1 Å². The van der Waals surface area contributed by atoms with Crippen LogP contribution >= 0.6 is 27.3 Å². The van der Waals surface area contributed by atoms with Gasteiger partial charge in [-0.3, -0.25) is 0 Å². The van der Waals surface area contributed by atoms with E-state index in [1.165, 1.54) is 11.3 Å². The fourth-order valence-electron chi connectivity index (χ4n) is 1.23. The van der Waals surface area contributed by atoms with Crippen LogP contribution in [0.25, 0.3) is 11.3 Å². The zero-order chi connectivity index (χ0) is 11.7. The molecule has 1 heterocycles. The highest BCUT2D eigenvalue weighted by Crippen LogP contribution is 2.32. The fourth-order valence-corrected chi connectivity index (χ4v) is 2.42. The normalized spacial score (nSPS) is 10.5. The van der Waals surface area contributed by atoms with E-state index in [4.69, 9.17) is 0 Å². The maximum atomic E-state index is 13.1. The van der Waals surface area contributed by atoms with Crippen LogP contribution in [0.3, 0.4) is 0 Å². The molecule has 84 valence electrons. The first-order valence-electron chi connectivity index (χ1n) is 4.40. The van der Waals surface area contributed by atoms with Gasteiger partial charge in [-0.1, -0.05) is 0 Å². The van der Waals surface area contributed by atoms with Crippen molar-refractivity contribution in [3.05, 3.63) is 33.6 Å². The van der Waals surface area contributed by atoms with Crippen LogP contribution in [0.2, 0.25) is 0 Å². The van der Waals surface area contributed by atoms with E-state index in [2.05, 4.69) is 26.2 Å². The van der Waals surface area contributed by atoms with Crippen molar-refractivity contribution in [3.63, 3.8) is 0 Å². The summed E-state index contributed by atoms with van der Waals surface area (Å²) in [5.41, 5.74) is 1.15. The lowest BCUT2D eigenvalue weighted by Crippen LogP contribution is -1.89. The minimum absolute atomic E-state index is 0.486. The largest absolute Gasteiger partial charge is 0.365 e. The summed E-state index contributed by atoms with van der Waals surface area (Å²) in [5, 5.41) is 5.40. The van der Waals surface area contributed by atoms with Gasteiger partial charge in [0.15, 0.2) is 16.8 Å². The molecule has 0 aliphatic rings. The van der Waals surface area contributed by atoms with Gasteiger partial charge in [0, 0.05) is 22.5 Å². The molecule has 0 amide bonds. The van der Waals surface area contributed by atoms with Gasteiger partial charge >= 0.3 is 0 Å². The van der Waals surface area contributed by atoms with Gasteiger partial charge in [0.25, 0.3) is 0 Å². The summed E-state index contributed by atoms with van der Waals surface area (Å²) in [6, 6.07) is 2.23. The van der Waals surface area contributed by atoms with Gasteiger partial charge in [-0.2, -0.15) is 0 Å². The van der Waals surface area contributed by atoms with Crippen molar-refractivity contribution in [2.24, 2.45) is 0 Å². The molecule has 1 aromatic heterocycles. The zero-order valence-electron chi connectivity index (χ0n) is 8.22. The fraction of sp³-hybridized carbons (Fsp3) is 0.100. The van der Waals surface area contributed by atoms with E-state index >= 15 is 0 Å². The first kappa shape index (κ1) is 11.5. The molecule has 2 rings (SSSR count). The molecule has 0 atom stereocenters. The molecule has 0 aliphatic carbocycles. The third-order valence-corrected chi connectivity index (χ3v) is 3.52. The Kier molecular flexibility index (Phi) is 3.20. The summed E-state index contributed by atoms with van der Waals surface area (Å²) in [4.78, 5) is 4.22. The Hall–Kier alpha value is -1.01. The van der Waals surface area contributed by atoms with Crippen molar-refractivity contribution in [3.8, 4) is 11.3 Å². The molecule has 0 spiro atoms. The van der Waals surface area contributed by atoms with Crippen LogP contribution in [0, 0.1) is 11.6 Å². The average molecular weight is 305 g/mol. The van der Waals surface area contributed by atoms with E-state index in [1.807, 2.05) is 0 Å².